The van der Waals surface area contributed by atoms with Gasteiger partial charge in [0.15, 0.2) is 5.15 Å². The molecule has 1 aliphatic rings. The predicted octanol–water partition coefficient (Wildman–Crippen LogP) is 1.40. The Kier molecular flexibility index (Phi) is 3.88. The Morgan fingerprint density at radius 3 is 3.07 bits per heavy atom. The van der Waals surface area contributed by atoms with Crippen LogP contribution in [0.5, 0.6) is 0 Å². The predicted molar refractivity (Wildman–Crippen MR) is 57.7 cm³/mol. The summed E-state index contributed by atoms with van der Waals surface area (Å²) < 4.78 is 5.54. The lowest BCUT2D eigenvalue weighted by molar-refractivity contribution is 0.100. The van der Waals surface area contributed by atoms with E-state index in [2.05, 4.69) is 15.5 Å². The molecule has 0 bridgehead atoms. The largest absolute Gasteiger partial charge is 0.373 e. The number of rotatable bonds is 4. The highest BCUT2D eigenvalue weighted by atomic mass is 35.5. The molecule has 2 rings (SSSR count). The first-order chi connectivity index (χ1) is 7.34. The molecule has 0 amide bonds. The second-order valence-electron chi connectivity index (χ2n) is 3.66. The van der Waals surface area contributed by atoms with E-state index in [9.17, 15) is 0 Å². The molecule has 0 aromatic carbocycles. The maximum absolute atomic E-state index is 5.62. The lowest BCUT2D eigenvalue weighted by Gasteiger charge is -2.09. The summed E-state index contributed by atoms with van der Waals surface area (Å²) in [5, 5.41) is 11.4. The van der Waals surface area contributed by atoms with E-state index < -0.39 is 0 Å². The van der Waals surface area contributed by atoms with Gasteiger partial charge in [0.2, 0.25) is 0 Å². The van der Waals surface area contributed by atoms with Crippen LogP contribution in [0.2, 0.25) is 5.15 Å². The van der Waals surface area contributed by atoms with Crippen molar-refractivity contribution in [3.05, 3.63) is 23.0 Å². The molecular formula is C10H14ClN3O. The highest BCUT2D eigenvalue weighted by Gasteiger charge is 2.13. The van der Waals surface area contributed by atoms with Crippen molar-refractivity contribution in [2.24, 2.45) is 0 Å². The van der Waals surface area contributed by atoms with Crippen molar-refractivity contribution in [2.75, 3.05) is 13.2 Å². The van der Waals surface area contributed by atoms with Crippen LogP contribution >= 0.6 is 11.6 Å². The molecule has 0 radical (unpaired) electrons. The minimum Gasteiger partial charge on any atom is -0.373 e. The van der Waals surface area contributed by atoms with Gasteiger partial charge in [0, 0.05) is 6.04 Å². The van der Waals surface area contributed by atoms with Gasteiger partial charge in [-0.2, -0.15) is 5.10 Å². The van der Waals surface area contributed by atoms with Crippen LogP contribution in [0.25, 0.3) is 0 Å². The molecule has 82 valence electrons. The summed E-state index contributed by atoms with van der Waals surface area (Å²) in [6, 6.07) is 4.06. The second-order valence-corrected chi connectivity index (χ2v) is 4.04. The number of hydrogen-bond acceptors (Lipinski definition) is 4. The smallest absolute Gasteiger partial charge is 0.151 e. The van der Waals surface area contributed by atoms with Crippen LogP contribution in [0.3, 0.4) is 0 Å². The molecule has 1 aromatic rings. The van der Waals surface area contributed by atoms with Crippen LogP contribution in [0.1, 0.15) is 18.5 Å². The molecule has 1 saturated heterocycles. The Balaban J connectivity index is 1.71. The molecule has 1 aromatic heterocycles. The van der Waals surface area contributed by atoms with Crippen LogP contribution in [0.4, 0.5) is 0 Å². The zero-order chi connectivity index (χ0) is 10.5. The third kappa shape index (κ3) is 3.41. The Morgan fingerprint density at radius 2 is 2.40 bits per heavy atom. The average molecular weight is 228 g/mol. The van der Waals surface area contributed by atoms with E-state index in [0.717, 1.165) is 18.8 Å². The molecule has 0 aliphatic carbocycles. The summed E-state index contributed by atoms with van der Waals surface area (Å²) in [5.41, 5.74) is 0.817. The molecule has 1 fully saturated rings. The normalized spacial score (nSPS) is 20.7. The minimum atomic E-state index is 0.413. The van der Waals surface area contributed by atoms with Gasteiger partial charge in [-0.15, -0.1) is 5.10 Å². The minimum absolute atomic E-state index is 0.413. The van der Waals surface area contributed by atoms with E-state index in [1.165, 1.54) is 12.8 Å². The Hall–Kier alpha value is -0.710. The summed E-state index contributed by atoms with van der Waals surface area (Å²) in [7, 11) is 0. The van der Waals surface area contributed by atoms with Crippen LogP contribution in [-0.4, -0.2) is 29.4 Å². The number of hydrogen-bond donors (Lipinski definition) is 1. The maximum Gasteiger partial charge on any atom is 0.151 e. The van der Waals surface area contributed by atoms with Gasteiger partial charge >= 0.3 is 0 Å². The standard InChI is InChI=1S/C10H14ClN3O/c11-10-4-3-9(13-14-10)7-15-6-8-2-1-5-12-8/h3-4,8,12H,1-2,5-7H2. The molecule has 1 unspecified atom stereocenters. The number of aromatic nitrogens is 2. The lowest BCUT2D eigenvalue weighted by Crippen LogP contribution is -2.26. The van der Waals surface area contributed by atoms with Crippen molar-refractivity contribution in [3.63, 3.8) is 0 Å². The van der Waals surface area contributed by atoms with Crippen molar-refractivity contribution in [1.82, 2.24) is 15.5 Å². The average Bonchev–Trinajstić information content (AvgIpc) is 2.74. The molecule has 1 N–H and O–H groups in total. The van der Waals surface area contributed by atoms with Crippen LogP contribution < -0.4 is 5.32 Å². The van der Waals surface area contributed by atoms with Gasteiger partial charge in [0.05, 0.1) is 18.9 Å². The van der Waals surface area contributed by atoms with Crippen molar-refractivity contribution in [2.45, 2.75) is 25.5 Å². The zero-order valence-corrected chi connectivity index (χ0v) is 9.20. The molecular weight excluding hydrogens is 214 g/mol. The van der Waals surface area contributed by atoms with Crippen molar-refractivity contribution < 1.29 is 4.74 Å². The van der Waals surface area contributed by atoms with Crippen molar-refractivity contribution in [3.8, 4) is 0 Å². The Labute approximate surface area is 94.0 Å². The van der Waals surface area contributed by atoms with Gasteiger partial charge in [0.25, 0.3) is 0 Å². The summed E-state index contributed by atoms with van der Waals surface area (Å²) in [5.74, 6) is 0. The first-order valence-electron chi connectivity index (χ1n) is 5.14. The third-order valence-corrected chi connectivity index (χ3v) is 2.62. The quantitative estimate of drug-likeness (QED) is 0.845. The van der Waals surface area contributed by atoms with Gasteiger partial charge in [-0.1, -0.05) is 11.6 Å². The number of halogens is 1. The summed E-state index contributed by atoms with van der Waals surface area (Å²) in [6.07, 6.45) is 2.45. The lowest BCUT2D eigenvalue weighted by atomic mass is 10.2. The number of nitrogens with one attached hydrogen (secondary N) is 1. The molecule has 1 atom stereocenters. The van der Waals surface area contributed by atoms with Crippen molar-refractivity contribution in [1.29, 1.82) is 0 Å². The van der Waals surface area contributed by atoms with Crippen LogP contribution in [0, 0.1) is 0 Å². The second kappa shape index (κ2) is 5.39. The molecule has 2 heterocycles. The third-order valence-electron chi connectivity index (χ3n) is 2.42. The summed E-state index contributed by atoms with van der Waals surface area (Å²) in [6.45, 7) is 2.35. The SMILES string of the molecule is Clc1ccc(COCC2CCCN2)nn1. The zero-order valence-electron chi connectivity index (χ0n) is 8.45. The fourth-order valence-electron chi connectivity index (χ4n) is 1.63. The fourth-order valence-corrected chi connectivity index (χ4v) is 1.73. The van der Waals surface area contributed by atoms with E-state index >= 15 is 0 Å². The van der Waals surface area contributed by atoms with E-state index in [-0.39, 0.29) is 0 Å². The van der Waals surface area contributed by atoms with Gasteiger partial charge in [0.1, 0.15) is 0 Å². The Bertz CT molecular complexity index is 298. The van der Waals surface area contributed by atoms with Crippen LogP contribution in [0.15, 0.2) is 12.1 Å². The fraction of sp³-hybridized carbons (Fsp3) is 0.600. The maximum atomic E-state index is 5.62. The highest BCUT2D eigenvalue weighted by Crippen LogP contribution is 2.07. The van der Waals surface area contributed by atoms with Crippen LogP contribution in [-0.2, 0) is 11.3 Å². The van der Waals surface area contributed by atoms with E-state index in [1.807, 2.05) is 6.07 Å². The topological polar surface area (TPSA) is 47.0 Å². The molecule has 5 heteroatoms. The van der Waals surface area contributed by atoms with Gasteiger partial charge < -0.3 is 10.1 Å². The molecule has 0 saturated carbocycles. The number of nitrogens with zero attached hydrogens (tertiary/aromatic N) is 2. The summed E-state index contributed by atoms with van der Waals surface area (Å²) >= 11 is 5.62. The summed E-state index contributed by atoms with van der Waals surface area (Å²) in [4.78, 5) is 0. The van der Waals surface area contributed by atoms with E-state index in [4.69, 9.17) is 16.3 Å². The van der Waals surface area contributed by atoms with E-state index in [0.29, 0.717) is 17.8 Å². The van der Waals surface area contributed by atoms with Gasteiger partial charge in [-0.25, -0.2) is 0 Å². The Morgan fingerprint density at radius 1 is 1.47 bits per heavy atom. The molecule has 1 aliphatic heterocycles. The van der Waals surface area contributed by atoms with Gasteiger partial charge in [-0.05, 0) is 31.5 Å². The monoisotopic (exact) mass is 227 g/mol. The first-order valence-corrected chi connectivity index (χ1v) is 5.51. The molecule has 15 heavy (non-hydrogen) atoms. The molecule has 0 spiro atoms. The number of ether oxygens (including phenoxy) is 1. The van der Waals surface area contributed by atoms with Gasteiger partial charge in [-0.3, -0.25) is 0 Å². The van der Waals surface area contributed by atoms with E-state index in [1.54, 1.807) is 6.07 Å². The molecule has 4 nitrogen and oxygen atoms in total. The first kappa shape index (κ1) is 10.8. The highest BCUT2D eigenvalue weighted by molar-refractivity contribution is 6.29. The van der Waals surface area contributed by atoms with Crippen molar-refractivity contribution >= 4 is 11.6 Å².